The summed E-state index contributed by atoms with van der Waals surface area (Å²) in [5, 5.41) is 3.22. The average molecular weight is 269 g/mol. The number of sulfone groups is 1. The van der Waals surface area contributed by atoms with Crippen molar-refractivity contribution in [1.82, 2.24) is 9.97 Å². The molecule has 2 heterocycles. The Bertz CT molecular complexity index is 528. The standard InChI is InChI=1S/C12H19N3O2S/c1-3-10-7-12(14-9(2)13-10)15-11-5-4-6-18(16,17)8-11/h7,11H,3-6,8H2,1-2H3,(H,13,14,15). The summed E-state index contributed by atoms with van der Waals surface area (Å²) < 4.78 is 23.1. The fraction of sp³-hybridized carbons (Fsp3) is 0.667. The highest BCUT2D eigenvalue weighted by Gasteiger charge is 2.24. The van der Waals surface area contributed by atoms with Crippen molar-refractivity contribution in [2.75, 3.05) is 16.8 Å². The summed E-state index contributed by atoms with van der Waals surface area (Å²) in [6, 6.07) is 1.87. The highest BCUT2D eigenvalue weighted by atomic mass is 32.2. The highest BCUT2D eigenvalue weighted by Crippen LogP contribution is 2.17. The van der Waals surface area contributed by atoms with Gasteiger partial charge in [-0.05, 0) is 26.2 Å². The molecule has 1 fully saturated rings. The average Bonchev–Trinajstić information content (AvgIpc) is 2.26. The third-order valence-electron chi connectivity index (χ3n) is 3.07. The maximum absolute atomic E-state index is 11.6. The summed E-state index contributed by atoms with van der Waals surface area (Å²) in [6.07, 6.45) is 2.45. The van der Waals surface area contributed by atoms with Crippen molar-refractivity contribution in [3.8, 4) is 0 Å². The van der Waals surface area contributed by atoms with Crippen molar-refractivity contribution < 1.29 is 8.42 Å². The Hall–Kier alpha value is -1.17. The van der Waals surface area contributed by atoms with Crippen LogP contribution in [0.4, 0.5) is 5.82 Å². The van der Waals surface area contributed by atoms with Gasteiger partial charge in [0.2, 0.25) is 0 Å². The van der Waals surface area contributed by atoms with Gasteiger partial charge in [0.1, 0.15) is 11.6 Å². The number of hydrogen-bond donors (Lipinski definition) is 1. The fourth-order valence-electron chi connectivity index (χ4n) is 2.23. The van der Waals surface area contributed by atoms with Crippen LogP contribution in [-0.4, -0.2) is 35.9 Å². The van der Waals surface area contributed by atoms with Gasteiger partial charge < -0.3 is 5.32 Å². The van der Waals surface area contributed by atoms with E-state index in [-0.39, 0.29) is 11.8 Å². The molecule has 0 amide bonds. The van der Waals surface area contributed by atoms with E-state index in [2.05, 4.69) is 15.3 Å². The van der Waals surface area contributed by atoms with E-state index in [1.54, 1.807) is 0 Å². The third-order valence-corrected chi connectivity index (χ3v) is 4.89. The van der Waals surface area contributed by atoms with Crippen LogP contribution < -0.4 is 5.32 Å². The van der Waals surface area contributed by atoms with Gasteiger partial charge >= 0.3 is 0 Å². The van der Waals surface area contributed by atoms with Crippen molar-refractivity contribution in [1.29, 1.82) is 0 Å². The Morgan fingerprint density at radius 1 is 1.44 bits per heavy atom. The van der Waals surface area contributed by atoms with Gasteiger partial charge in [0.15, 0.2) is 9.84 Å². The summed E-state index contributed by atoms with van der Waals surface area (Å²) in [6.45, 7) is 3.89. The van der Waals surface area contributed by atoms with E-state index in [4.69, 9.17) is 0 Å². The first kappa shape index (κ1) is 13.3. The van der Waals surface area contributed by atoms with Crippen LogP contribution >= 0.6 is 0 Å². The molecule has 100 valence electrons. The number of anilines is 1. The van der Waals surface area contributed by atoms with Crippen molar-refractivity contribution in [3.05, 3.63) is 17.6 Å². The normalized spacial score (nSPS) is 22.7. The topological polar surface area (TPSA) is 72.0 Å². The lowest BCUT2D eigenvalue weighted by Gasteiger charge is -2.23. The number of aryl methyl sites for hydroxylation is 2. The van der Waals surface area contributed by atoms with Gasteiger partial charge in [0, 0.05) is 17.8 Å². The molecule has 1 aliphatic heterocycles. The van der Waals surface area contributed by atoms with Crippen molar-refractivity contribution in [2.24, 2.45) is 0 Å². The lowest BCUT2D eigenvalue weighted by Crippen LogP contribution is -2.35. The molecule has 1 aromatic rings. The van der Waals surface area contributed by atoms with E-state index >= 15 is 0 Å². The van der Waals surface area contributed by atoms with Crippen LogP contribution in [0.3, 0.4) is 0 Å². The van der Waals surface area contributed by atoms with E-state index in [0.29, 0.717) is 5.75 Å². The van der Waals surface area contributed by atoms with Crippen molar-refractivity contribution in [3.63, 3.8) is 0 Å². The molecule has 1 unspecified atom stereocenters. The van der Waals surface area contributed by atoms with Gasteiger partial charge in [-0.3, -0.25) is 0 Å². The summed E-state index contributed by atoms with van der Waals surface area (Å²) in [4.78, 5) is 8.61. The number of nitrogens with one attached hydrogen (secondary N) is 1. The minimum absolute atomic E-state index is 0.0252. The first-order valence-corrected chi connectivity index (χ1v) is 8.12. The van der Waals surface area contributed by atoms with Gasteiger partial charge in [0.05, 0.1) is 11.5 Å². The maximum Gasteiger partial charge on any atom is 0.152 e. The Balaban J connectivity index is 2.11. The van der Waals surface area contributed by atoms with Gasteiger partial charge in [0.25, 0.3) is 0 Å². The van der Waals surface area contributed by atoms with E-state index in [9.17, 15) is 8.42 Å². The summed E-state index contributed by atoms with van der Waals surface area (Å²) in [7, 11) is -2.88. The Kier molecular flexibility index (Phi) is 3.85. The number of aromatic nitrogens is 2. The summed E-state index contributed by atoms with van der Waals surface area (Å²) in [5.41, 5.74) is 0.976. The monoisotopic (exact) mass is 269 g/mol. The molecule has 2 rings (SSSR count). The van der Waals surface area contributed by atoms with Crippen LogP contribution in [-0.2, 0) is 16.3 Å². The van der Waals surface area contributed by atoms with Crippen LogP contribution in [0.25, 0.3) is 0 Å². The van der Waals surface area contributed by atoms with E-state index < -0.39 is 9.84 Å². The Morgan fingerprint density at radius 2 is 2.22 bits per heavy atom. The zero-order chi connectivity index (χ0) is 13.2. The van der Waals surface area contributed by atoms with Crippen LogP contribution in [0.1, 0.15) is 31.3 Å². The minimum Gasteiger partial charge on any atom is -0.366 e. The molecule has 1 saturated heterocycles. The van der Waals surface area contributed by atoms with Crippen LogP contribution in [0.2, 0.25) is 0 Å². The molecule has 0 bridgehead atoms. The van der Waals surface area contributed by atoms with E-state index in [1.807, 2.05) is 19.9 Å². The molecular weight excluding hydrogens is 250 g/mol. The summed E-state index contributed by atoms with van der Waals surface area (Å²) >= 11 is 0. The second kappa shape index (κ2) is 5.22. The van der Waals surface area contributed by atoms with Crippen LogP contribution in [0.15, 0.2) is 6.07 Å². The minimum atomic E-state index is -2.88. The predicted octanol–water partition coefficient (Wildman–Crippen LogP) is 1.34. The second-order valence-corrected chi connectivity index (χ2v) is 6.97. The first-order valence-electron chi connectivity index (χ1n) is 6.30. The molecule has 0 radical (unpaired) electrons. The molecule has 18 heavy (non-hydrogen) atoms. The van der Waals surface area contributed by atoms with Gasteiger partial charge in [-0.25, -0.2) is 18.4 Å². The Labute approximate surface area is 108 Å². The molecule has 0 aromatic carbocycles. The molecule has 0 aliphatic carbocycles. The number of hydrogen-bond acceptors (Lipinski definition) is 5. The molecule has 0 spiro atoms. The molecule has 1 atom stereocenters. The largest absolute Gasteiger partial charge is 0.366 e. The SMILES string of the molecule is CCc1cc(NC2CCCS(=O)(=O)C2)nc(C)n1. The number of rotatable bonds is 3. The molecule has 1 aliphatic rings. The van der Waals surface area contributed by atoms with Gasteiger partial charge in [-0.15, -0.1) is 0 Å². The zero-order valence-corrected chi connectivity index (χ0v) is 11.6. The zero-order valence-electron chi connectivity index (χ0n) is 10.8. The van der Waals surface area contributed by atoms with E-state index in [0.717, 1.165) is 36.6 Å². The van der Waals surface area contributed by atoms with Gasteiger partial charge in [-0.1, -0.05) is 6.92 Å². The van der Waals surface area contributed by atoms with Crippen LogP contribution in [0.5, 0.6) is 0 Å². The second-order valence-electron chi connectivity index (χ2n) is 4.74. The molecule has 6 heteroatoms. The Morgan fingerprint density at radius 3 is 2.89 bits per heavy atom. The number of nitrogens with zero attached hydrogens (tertiary/aromatic N) is 2. The smallest absolute Gasteiger partial charge is 0.152 e. The van der Waals surface area contributed by atoms with Gasteiger partial charge in [-0.2, -0.15) is 0 Å². The molecule has 0 saturated carbocycles. The molecular formula is C12H19N3O2S. The fourth-order valence-corrected chi connectivity index (χ4v) is 3.87. The predicted molar refractivity (Wildman–Crippen MR) is 71.4 cm³/mol. The first-order chi connectivity index (χ1) is 8.48. The quantitative estimate of drug-likeness (QED) is 0.896. The lowest BCUT2D eigenvalue weighted by atomic mass is 10.2. The van der Waals surface area contributed by atoms with Crippen molar-refractivity contribution >= 4 is 15.7 Å². The third kappa shape index (κ3) is 3.41. The highest BCUT2D eigenvalue weighted by molar-refractivity contribution is 7.91. The molecule has 1 aromatic heterocycles. The molecule has 1 N–H and O–H groups in total. The van der Waals surface area contributed by atoms with Crippen molar-refractivity contribution in [2.45, 2.75) is 39.2 Å². The van der Waals surface area contributed by atoms with Crippen LogP contribution in [0, 0.1) is 6.92 Å². The lowest BCUT2D eigenvalue weighted by molar-refractivity contribution is 0.561. The maximum atomic E-state index is 11.6. The summed E-state index contributed by atoms with van der Waals surface area (Å²) in [5.74, 6) is 1.98. The van der Waals surface area contributed by atoms with E-state index in [1.165, 1.54) is 0 Å². The molecule has 5 nitrogen and oxygen atoms in total.